The van der Waals surface area contributed by atoms with Crippen LogP contribution in [0.3, 0.4) is 0 Å². The molecular formula is C17H24N2O2. The summed E-state index contributed by atoms with van der Waals surface area (Å²) >= 11 is 0. The molecule has 1 heterocycles. The Morgan fingerprint density at radius 2 is 2.33 bits per heavy atom. The third kappa shape index (κ3) is 2.82. The molecule has 1 spiro atoms. The average Bonchev–Trinajstić information content (AvgIpc) is 2.43. The van der Waals surface area contributed by atoms with Crippen LogP contribution < -0.4 is 5.32 Å². The molecule has 4 nitrogen and oxygen atoms in total. The quantitative estimate of drug-likeness (QED) is 0.875. The molecule has 0 bridgehead atoms. The molecule has 1 N–H and O–H groups in total. The minimum Gasteiger partial charge on any atom is -0.378 e. The lowest BCUT2D eigenvalue weighted by molar-refractivity contribution is -0.175. The Bertz CT molecular complexity index is 485. The van der Waals surface area contributed by atoms with Gasteiger partial charge in [-0.15, -0.1) is 0 Å². The van der Waals surface area contributed by atoms with Crippen LogP contribution in [-0.2, 0) is 16.0 Å². The number of aryl methyl sites for hydroxylation is 1. The summed E-state index contributed by atoms with van der Waals surface area (Å²) in [5, 5.41) is 3.22. The van der Waals surface area contributed by atoms with Crippen LogP contribution in [0.15, 0.2) is 24.4 Å². The fraction of sp³-hybridized carbons (Fsp3) is 0.647. The Morgan fingerprint density at radius 3 is 2.95 bits per heavy atom. The second-order valence-electron chi connectivity index (χ2n) is 6.21. The lowest BCUT2D eigenvalue weighted by Crippen LogP contribution is -2.67. The lowest BCUT2D eigenvalue weighted by atomic mass is 9.51. The Hall–Kier alpha value is -1.42. The van der Waals surface area contributed by atoms with Gasteiger partial charge in [0.2, 0.25) is 5.91 Å². The van der Waals surface area contributed by atoms with Crippen molar-refractivity contribution in [3.63, 3.8) is 0 Å². The van der Waals surface area contributed by atoms with Gasteiger partial charge in [-0.1, -0.05) is 12.5 Å². The maximum Gasteiger partial charge on any atom is 0.220 e. The molecular weight excluding hydrogens is 264 g/mol. The molecule has 2 fully saturated rings. The van der Waals surface area contributed by atoms with E-state index in [0.29, 0.717) is 25.0 Å². The minimum atomic E-state index is 0.145. The number of hydrogen-bond acceptors (Lipinski definition) is 3. The van der Waals surface area contributed by atoms with Crippen molar-refractivity contribution in [1.29, 1.82) is 0 Å². The third-order valence-corrected chi connectivity index (χ3v) is 5.11. The van der Waals surface area contributed by atoms with E-state index in [1.807, 2.05) is 25.1 Å². The molecule has 2 atom stereocenters. The Labute approximate surface area is 126 Å². The first-order chi connectivity index (χ1) is 10.2. The fourth-order valence-corrected chi connectivity index (χ4v) is 3.69. The summed E-state index contributed by atoms with van der Waals surface area (Å²) in [5.41, 5.74) is 1.23. The van der Waals surface area contributed by atoms with Gasteiger partial charge in [-0.25, -0.2) is 0 Å². The maximum atomic E-state index is 12.1. The number of amides is 1. The average molecular weight is 288 g/mol. The van der Waals surface area contributed by atoms with Crippen molar-refractivity contribution in [2.45, 2.75) is 57.6 Å². The molecule has 1 aromatic heterocycles. The molecule has 3 rings (SSSR count). The Balaban J connectivity index is 1.47. The van der Waals surface area contributed by atoms with Crippen molar-refractivity contribution < 1.29 is 9.53 Å². The number of carbonyl (C=O) groups is 1. The molecule has 0 aliphatic heterocycles. The van der Waals surface area contributed by atoms with E-state index < -0.39 is 0 Å². The summed E-state index contributed by atoms with van der Waals surface area (Å²) in [6, 6.07) is 6.14. The number of nitrogens with one attached hydrogen (secondary N) is 1. The second-order valence-corrected chi connectivity index (χ2v) is 6.21. The smallest absolute Gasteiger partial charge is 0.220 e. The number of ether oxygens (including phenoxy) is 1. The Kier molecular flexibility index (Phi) is 4.24. The van der Waals surface area contributed by atoms with E-state index in [4.69, 9.17) is 4.74 Å². The summed E-state index contributed by atoms with van der Waals surface area (Å²) < 4.78 is 5.82. The van der Waals surface area contributed by atoms with Crippen molar-refractivity contribution in [3.8, 4) is 0 Å². The van der Waals surface area contributed by atoms with Gasteiger partial charge in [-0.05, 0) is 44.7 Å². The van der Waals surface area contributed by atoms with E-state index in [2.05, 4.69) is 10.3 Å². The van der Waals surface area contributed by atoms with Crippen molar-refractivity contribution in [3.05, 3.63) is 30.1 Å². The van der Waals surface area contributed by atoms with Gasteiger partial charge in [0.15, 0.2) is 0 Å². The molecule has 21 heavy (non-hydrogen) atoms. The SMILES string of the molecule is CCO[C@H]1C[C@@H](NC(=O)CCc2ccccn2)C12CCC2. The number of nitrogens with zero attached hydrogens (tertiary/aromatic N) is 1. The van der Waals surface area contributed by atoms with Crippen LogP contribution in [0.1, 0.15) is 44.7 Å². The van der Waals surface area contributed by atoms with E-state index in [-0.39, 0.29) is 11.3 Å². The molecule has 0 unspecified atom stereocenters. The van der Waals surface area contributed by atoms with E-state index >= 15 is 0 Å². The first kappa shape index (κ1) is 14.5. The molecule has 0 aromatic carbocycles. The molecule has 2 aliphatic rings. The fourth-order valence-electron chi connectivity index (χ4n) is 3.69. The lowest BCUT2D eigenvalue weighted by Gasteiger charge is -2.61. The molecule has 2 saturated carbocycles. The highest BCUT2D eigenvalue weighted by molar-refractivity contribution is 5.76. The monoisotopic (exact) mass is 288 g/mol. The predicted molar refractivity (Wildman–Crippen MR) is 80.8 cm³/mol. The highest BCUT2D eigenvalue weighted by atomic mass is 16.5. The van der Waals surface area contributed by atoms with Gasteiger partial charge in [0.05, 0.1) is 6.10 Å². The number of carbonyl (C=O) groups excluding carboxylic acids is 1. The Morgan fingerprint density at radius 1 is 1.48 bits per heavy atom. The van der Waals surface area contributed by atoms with Crippen LogP contribution in [0.25, 0.3) is 0 Å². The summed E-state index contributed by atoms with van der Waals surface area (Å²) in [6.07, 6.45) is 8.00. The number of rotatable bonds is 6. The van der Waals surface area contributed by atoms with Gasteiger partial charge in [0.25, 0.3) is 0 Å². The first-order valence-corrected chi connectivity index (χ1v) is 8.05. The summed E-state index contributed by atoms with van der Waals surface area (Å²) in [6.45, 7) is 2.82. The van der Waals surface area contributed by atoms with E-state index in [1.165, 1.54) is 19.3 Å². The van der Waals surface area contributed by atoms with Gasteiger partial charge in [0.1, 0.15) is 0 Å². The van der Waals surface area contributed by atoms with Gasteiger partial charge in [-0.2, -0.15) is 0 Å². The highest BCUT2D eigenvalue weighted by Gasteiger charge is 2.59. The number of aromatic nitrogens is 1. The van der Waals surface area contributed by atoms with Gasteiger partial charge in [-0.3, -0.25) is 9.78 Å². The largest absolute Gasteiger partial charge is 0.378 e. The third-order valence-electron chi connectivity index (χ3n) is 5.11. The van der Waals surface area contributed by atoms with Gasteiger partial charge in [0, 0.05) is 36.4 Å². The number of hydrogen-bond donors (Lipinski definition) is 1. The molecule has 0 saturated heterocycles. The van der Waals surface area contributed by atoms with Crippen LogP contribution in [0, 0.1) is 5.41 Å². The topological polar surface area (TPSA) is 51.2 Å². The second kappa shape index (κ2) is 6.14. The van der Waals surface area contributed by atoms with Crippen LogP contribution in [0.2, 0.25) is 0 Å². The van der Waals surface area contributed by atoms with E-state index in [9.17, 15) is 4.79 Å². The summed E-state index contributed by atoms with van der Waals surface area (Å²) in [5.74, 6) is 0.145. The predicted octanol–water partition coefficient (Wildman–Crippen LogP) is 2.48. The van der Waals surface area contributed by atoms with Crippen molar-refractivity contribution in [1.82, 2.24) is 10.3 Å². The molecule has 1 amide bonds. The zero-order chi connectivity index (χ0) is 14.7. The van der Waals surface area contributed by atoms with Crippen molar-refractivity contribution in [2.24, 2.45) is 5.41 Å². The number of pyridine rings is 1. The summed E-state index contributed by atoms with van der Waals surface area (Å²) in [7, 11) is 0. The van der Waals surface area contributed by atoms with E-state index in [1.54, 1.807) is 6.20 Å². The highest BCUT2D eigenvalue weighted by Crippen LogP contribution is 2.57. The van der Waals surface area contributed by atoms with E-state index in [0.717, 1.165) is 18.7 Å². The molecule has 2 aliphatic carbocycles. The maximum absolute atomic E-state index is 12.1. The van der Waals surface area contributed by atoms with Crippen LogP contribution in [-0.4, -0.2) is 29.6 Å². The van der Waals surface area contributed by atoms with Crippen molar-refractivity contribution in [2.75, 3.05) is 6.61 Å². The molecule has 4 heteroatoms. The molecule has 1 aromatic rings. The zero-order valence-electron chi connectivity index (χ0n) is 12.7. The summed E-state index contributed by atoms with van der Waals surface area (Å²) in [4.78, 5) is 16.4. The standard InChI is InChI=1S/C17H24N2O2/c1-2-21-15-12-14(17(15)9-5-10-17)19-16(20)8-7-13-6-3-4-11-18-13/h3-4,6,11,14-15H,2,5,7-10,12H2,1H3,(H,19,20)/t14-,15+/m1/s1. The minimum absolute atomic E-state index is 0.145. The zero-order valence-corrected chi connectivity index (χ0v) is 12.7. The van der Waals surface area contributed by atoms with Crippen LogP contribution >= 0.6 is 0 Å². The molecule has 114 valence electrons. The first-order valence-electron chi connectivity index (χ1n) is 8.05. The van der Waals surface area contributed by atoms with Crippen LogP contribution in [0.4, 0.5) is 0 Å². The normalized spacial score (nSPS) is 26.0. The van der Waals surface area contributed by atoms with Gasteiger partial charge < -0.3 is 10.1 Å². The van der Waals surface area contributed by atoms with Crippen LogP contribution in [0.5, 0.6) is 0 Å². The van der Waals surface area contributed by atoms with Gasteiger partial charge >= 0.3 is 0 Å². The van der Waals surface area contributed by atoms with Crippen molar-refractivity contribution >= 4 is 5.91 Å². The molecule has 0 radical (unpaired) electrons.